The lowest BCUT2D eigenvalue weighted by Crippen LogP contribution is -2.32. The number of rotatable bonds is 5. The highest BCUT2D eigenvalue weighted by atomic mass is 127. The molecule has 0 N–H and O–H groups in total. The van der Waals surface area contributed by atoms with E-state index in [4.69, 9.17) is 11.2 Å². The van der Waals surface area contributed by atoms with Crippen LogP contribution in [-0.2, 0) is 4.74 Å². The summed E-state index contributed by atoms with van der Waals surface area (Å²) in [5.41, 5.74) is 0. The molecule has 0 aromatic rings. The Kier molecular flexibility index (Phi) is 9.10. The van der Waals surface area contributed by atoms with E-state index >= 15 is 0 Å². The molecule has 0 radical (unpaired) electrons. The van der Waals surface area contributed by atoms with Crippen molar-refractivity contribution in [2.24, 2.45) is 0 Å². The minimum atomic E-state index is -0.388. The molecule has 0 saturated carbocycles. The molecule has 0 fully saturated rings. The van der Waals surface area contributed by atoms with Gasteiger partial charge in [-0.3, -0.25) is 4.90 Å². The summed E-state index contributed by atoms with van der Waals surface area (Å²) in [4.78, 5) is 12.9. The fourth-order valence-corrected chi connectivity index (χ4v) is 0.986. The second kappa shape index (κ2) is 9.67. The Morgan fingerprint density at radius 1 is 1.53 bits per heavy atom. The van der Waals surface area contributed by atoms with Crippen LogP contribution in [0.5, 0.6) is 0 Å². The average molecular weight is 319 g/mol. The lowest BCUT2D eigenvalue weighted by atomic mass is 10.4. The standard InChI is InChI=1S/C11H14INO2/c1-3-5-10-15-11(14)13(8-4-2)9-6-7-12/h2H,3,5,8-10H2,1H3. The maximum atomic E-state index is 11.5. The Balaban J connectivity index is 4.03. The van der Waals surface area contributed by atoms with Crippen LogP contribution in [-0.4, -0.2) is 30.7 Å². The quantitative estimate of drug-likeness (QED) is 0.442. The number of amides is 1. The molecule has 0 aliphatic rings. The predicted molar refractivity (Wildman–Crippen MR) is 68.5 cm³/mol. The van der Waals surface area contributed by atoms with Crippen molar-refractivity contribution in [1.29, 1.82) is 0 Å². The zero-order valence-corrected chi connectivity index (χ0v) is 10.9. The highest BCUT2D eigenvalue weighted by molar-refractivity contribution is 14.1. The summed E-state index contributed by atoms with van der Waals surface area (Å²) in [7, 11) is 0. The van der Waals surface area contributed by atoms with Gasteiger partial charge in [-0.1, -0.05) is 25.2 Å². The van der Waals surface area contributed by atoms with Gasteiger partial charge in [0.25, 0.3) is 0 Å². The van der Waals surface area contributed by atoms with Crippen molar-refractivity contribution in [3.05, 3.63) is 0 Å². The molecule has 1 amide bonds. The summed E-state index contributed by atoms with van der Waals surface area (Å²) in [5, 5.41) is 0. The minimum absolute atomic E-state index is 0.232. The van der Waals surface area contributed by atoms with Crippen LogP contribution in [0.25, 0.3) is 0 Å². The topological polar surface area (TPSA) is 29.5 Å². The van der Waals surface area contributed by atoms with Crippen molar-refractivity contribution < 1.29 is 9.53 Å². The third-order valence-corrected chi connectivity index (χ3v) is 1.98. The molecule has 0 spiro atoms. The highest BCUT2D eigenvalue weighted by Crippen LogP contribution is 1.96. The molecule has 0 atom stereocenters. The summed E-state index contributed by atoms with van der Waals surface area (Å²) < 4.78 is 7.70. The number of ether oxygens (including phenoxy) is 1. The Morgan fingerprint density at radius 2 is 2.27 bits per heavy atom. The van der Waals surface area contributed by atoms with Gasteiger partial charge in [0.2, 0.25) is 0 Å². The minimum Gasteiger partial charge on any atom is -0.449 e. The van der Waals surface area contributed by atoms with Gasteiger partial charge in [-0.2, -0.15) is 0 Å². The molecule has 0 bridgehead atoms. The van der Waals surface area contributed by atoms with Crippen LogP contribution in [0.3, 0.4) is 0 Å². The molecule has 0 aromatic carbocycles. The van der Waals surface area contributed by atoms with Crippen LogP contribution in [0, 0.1) is 22.2 Å². The highest BCUT2D eigenvalue weighted by Gasteiger charge is 2.11. The molecule has 4 heteroatoms. The van der Waals surface area contributed by atoms with Crippen molar-refractivity contribution in [3.8, 4) is 22.2 Å². The van der Waals surface area contributed by atoms with Gasteiger partial charge in [0.15, 0.2) is 0 Å². The van der Waals surface area contributed by atoms with E-state index in [1.54, 1.807) is 0 Å². The Hall–Kier alpha value is -0.880. The molecular weight excluding hydrogens is 305 g/mol. The van der Waals surface area contributed by atoms with Crippen LogP contribution in [0.4, 0.5) is 4.79 Å². The Morgan fingerprint density at radius 3 is 2.80 bits per heavy atom. The number of carbonyl (C=O) groups is 1. The summed E-state index contributed by atoms with van der Waals surface area (Å²) >= 11 is 1.92. The number of terminal acetylenes is 1. The second-order valence-corrected chi connectivity index (χ2v) is 3.34. The normalized spacial score (nSPS) is 8.33. The first-order valence-electron chi connectivity index (χ1n) is 4.69. The van der Waals surface area contributed by atoms with Gasteiger partial charge in [-0.05, 0) is 10.3 Å². The van der Waals surface area contributed by atoms with Crippen molar-refractivity contribution in [2.75, 3.05) is 19.7 Å². The smallest absolute Gasteiger partial charge is 0.411 e. The van der Waals surface area contributed by atoms with E-state index in [1.165, 1.54) is 4.90 Å². The lowest BCUT2D eigenvalue weighted by molar-refractivity contribution is 0.110. The largest absolute Gasteiger partial charge is 0.449 e. The third kappa shape index (κ3) is 7.10. The van der Waals surface area contributed by atoms with Gasteiger partial charge in [0.05, 0.1) is 19.7 Å². The van der Waals surface area contributed by atoms with Crippen molar-refractivity contribution in [3.63, 3.8) is 0 Å². The van der Waals surface area contributed by atoms with Gasteiger partial charge >= 0.3 is 6.09 Å². The zero-order chi connectivity index (χ0) is 11.5. The first-order valence-corrected chi connectivity index (χ1v) is 5.77. The number of unbranched alkanes of at least 4 members (excludes halogenated alkanes) is 1. The third-order valence-electron chi connectivity index (χ3n) is 1.60. The van der Waals surface area contributed by atoms with Crippen molar-refractivity contribution in [1.82, 2.24) is 4.90 Å². The number of halogens is 1. The van der Waals surface area contributed by atoms with E-state index in [-0.39, 0.29) is 12.6 Å². The van der Waals surface area contributed by atoms with Crippen LogP contribution in [0.1, 0.15) is 19.8 Å². The molecule has 0 heterocycles. The molecule has 0 aliphatic carbocycles. The van der Waals surface area contributed by atoms with Crippen molar-refractivity contribution >= 4 is 28.7 Å². The van der Waals surface area contributed by atoms with Gasteiger partial charge in [0.1, 0.15) is 0 Å². The van der Waals surface area contributed by atoms with E-state index in [9.17, 15) is 4.79 Å². The van der Waals surface area contributed by atoms with Gasteiger partial charge in [0, 0.05) is 22.6 Å². The van der Waals surface area contributed by atoms with Gasteiger partial charge < -0.3 is 4.74 Å². The molecule has 0 unspecified atom stereocenters. The number of hydrogen-bond acceptors (Lipinski definition) is 2. The van der Waals surface area contributed by atoms with E-state index < -0.39 is 0 Å². The number of nitrogens with zero attached hydrogens (tertiary/aromatic N) is 1. The maximum absolute atomic E-state index is 11.5. The fraction of sp³-hybridized carbons (Fsp3) is 0.545. The maximum Gasteiger partial charge on any atom is 0.411 e. The Labute approximate surface area is 105 Å². The lowest BCUT2D eigenvalue weighted by Gasteiger charge is -2.16. The van der Waals surface area contributed by atoms with E-state index in [0.29, 0.717) is 13.2 Å². The molecule has 0 saturated heterocycles. The molecular formula is C11H14INO2. The first-order chi connectivity index (χ1) is 7.26. The molecule has 0 rings (SSSR count). The van der Waals surface area contributed by atoms with Gasteiger partial charge in [-0.25, -0.2) is 4.79 Å². The molecule has 0 aromatic heterocycles. The molecule has 82 valence electrons. The van der Waals surface area contributed by atoms with E-state index in [1.807, 2.05) is 29.5 Å². The molecule has 3 nitrogen and oxygen atoms in total. The first kappa shape index (κ1) is 14.1. The molecule has 0 aliphatic heterocycles. The predicted octanol–water partition coefficient (Wildman–Crippen LogP) is 2.25. The van der Waals surface area contributed by atoms with Crippen LogP contribution >= 0.6 is 22.6 Å². The average Bonchev–Trinajstić information content (AvgIpc) is 2.24. The fourth-order valence-electron chi connectivity index (χ4n) is 0.816. The Bertz CT molecular complexity index is 285. The summed E-state index contributed by atoms with van der Waals surface area (Å²) in [5.74, 6) is 5.17. The van der Waals surface area contributed by atoms with E-state index in [2.05, 4.69) is 15.8 Å². The summed E-state index contributed by atoms with van der Waals surface area (Å²) in [6, 6.07) is 0. The van der Waals surface area contributed by atoms with Gasteiger partial charge in [-0.15, -0.1) is 6.42 Å². The van der Waals surface area contributed by atoms with Crippen LogP contribution < -0.4 is 0 Å². The van der Waals surface area contributed by atoms with Crippen LogP contribution in [0.15, 0.2) is 0 Å². The zero-order valence-electron chi connectivity index (χ0n) is 8.75. The number of carbonyl (C=O) groups excluding carboxylic acids is 1. The van der Waals surface area contributed by atoms with E-state index in [0.717, 1.165) is 12.8 Å². The molecule has 15 heavy (non-hydrogen) atoms. The monoisotopic (exact) mass is 319 g/mol. The number of hydrogen-bond donors (Lipinski definition) is 0. The van der Waals surface area contributed by atoms with Crippen LogP contribution in [0.2, 0.25) is 0 Å². The SMILES string of the molecule is C#CCN(CC#CI)C(=O)OCCCC. The van der Waals surface area contributed by atoms with Crippen molar-refractivity contribution in [2.45, 2.75) is 19.8 Å². The summed E-state index contributed by atoms with van der Waals surface area (Å²) in [6.45, 7) is 3.02. The second-order valence-electron chi connectivity index (χ2n) is 2.80. The summed E-state index contributed by atoms with van der Waals surface area (Å²) in [6.07, 6.45) is 6.62.